The highest BCUT2D eigenvalue weighted by atomic mass is 16.5. The second kappa shape index (κ2) is 5.60. The van der Waals surface area contributed by atoms with Crippen LogP contribution in [0.2, 0.25) is 0 Å². The van der Waals surface area contributed by atoms with Crippen molar-refractivity contribution in [2.75, 3.05) is 6.54 Å². The summed E-state index contributed by atoms with van der Waals surface area (Å²) in [4.78, 5) is 4.63. The molecule has 0 saturated heterocycles. The van der Waals surface area contributed by atoms with E-state index in [2.05, 4.69) is 42.2 Å². The van der Waals surface area contributed by atoms with Crippen molar-refractivity contribution in [3.8, 4) is 0 Å². The van der Waals surface area contributed by atoms with Crippen molar-refractivity contribution < 1.29 is 4.52 Å². The third kappa shape index (κ3) is 2.86. The van der Waals surface area contributed by atoms with Crippen LogP contribution in [0.15, 0.2) is 22.7 Å². The quantitative estimate of drug-likeness (QED) is 0.937. The van der Waals surface area contributed by atoms with Crippen molar-refractivity contribution >= 4 is 0 Å². The first-order valence-corrected chi connectivity index (χ1v) is 7.72. The molecule has 1 saturated carbocycles. The average molecular weight is 285 g/mol. The van der Waals surface area contributed by atoms with Gasteiger partial charge in [0.1, 0.15) is 0 Å². The Morgan fingerprint density at radius 3 is 2.43 bits per heavy atom. The van der Waals surface area contributed by atoms with Crippen LogP contribution >= 0.6 is 0 Å². The fourth-order valence-electron chi connectivity index (χ4n) is 3.45. The first-order chi connectivity index (χ1) is 10.1. The average Bonchev–Trinajstić information content (AvgIpc) is 3.06. The van der Waals surface area contributed by atoms with E-state index in [9.17, 15) is 0 Å². The highest BCUT2D eigenvalue weighted by Crippen LogP contribution is 2.39. The molecule has 4 heteroatoms. The molecule has 1 aromatic heterocycles. The van der Waals surface area contributed by atoms with Crippen LogP contribution < -0.4 is 5.73 Å². The van der Waals surface area contributed by atoms with Gasteiger partial charge in [-0.2, -0.15) is 4.98 Å². The maximum atomic E-state index is 5.97. The second-order valence-electron chi connectivity index (χ2n) is 6.38. The van der Waals surface area contributed by atoms with Gasteiger partial charge in [0, 0.05) is 13.0 Å². The molecule has 1 fully saturated rings. The van der Waals surface area contributed by atoms with Crippen LogP contribution in [-0.2, 0) is 11.8 Å². The maximum absolute atomic E-state index is 5.97. The molecule has 0 radical (unpaired) electrons. The van der Waals surface area contributed by atoms with E-state index in [1.807, 2.05) is 0 Å². The zero-order valence-electron chi connectivity index (χ0n) is 12.9. The lowest BCUT2D eigenvalue weighted by Crippen LogP contribution is -2.32. The van der Waals surface area contributed by atoms with Crippen LogP contribution in [0.3, 0.4) is 0 Å². The van der Waals surface area contributed by atoms with E-state index < -0.39 is 0 Å². The zero-order chi connectivity index (χ0) is 14.9. The van der Waals surface area contributed by atoms with Crippen LogP contribution in [0.1, 0.15) is 54.1 Å². The summed E-state index contributed by atoms with van der Waals surface area (Å²) in [6, 6.07) is 6.53. The SMILES string of the molecule is Cc1cc(C)cc(Cc2noc(C3(CN)CCCC3)n2)c1. The molecule has 4 nitrogen and oxygen atoms in total. The molecule has 0 bridgehead atoms. The van der Waals surface area contributed by atoms with Crippen LogP contribution in [0, 0.1) is 13.8 Å². The molecule has 0 aliphatic heterocycles. The fraction of sp³-hybridized carbons (Fsp3) is 0.529. The molecule has 0 spiro atoms. The molecule has 1 heterocycles. The fourth-order valence-corrected chi connectivity index (χ4v) is 3.45. The maximum Gasteiger partial charge on any atom is 0.234 e. The number of aromatic nitrogens is 2. The summed E-state index contributed by atoms with van der Waals surface area (Å²) in [5, 5.41) is 4.17. The predicted octanol–water partition coefficient (Wildman–Crippen LogP) is 3.05. The Labute approximate surface area is 125 Å². The van der Waals surface area contributed by atoms with E-state index in [0.29, 0.717) is 13.0 Å². The van der Waals surface area contributed by atoms with Crippen LogP contribution in [0.25, 0.3) is 0 Å². The van der Waals surface area contributed by atoms with Crippen molar-refractivity contribution in [2.24, 2.45) is 5.73 Å². The van der Waals surface area contributed by atoms with Gasteiger partial charge in [0.25, 0.3) is 0 Å². The lowest BCUT2D eigenvalue weighted by Gasteiger charge is -2.21. The standard InChI is InChI=1S/C17H23N3O/c1-12-7-13(2)9-14(8-12)10-15-19-16(21-20-15)17(11-18)5-3-4-6-17/h7-9H,3-6,10-11,18H2,1-2H3. The summed E-state index contributed by atoms with van der Waals surface area (Å²) < 4.78 is 5.53. The molecule has 0 amide bonds. The molecule has 1 aliphatic carbocycles. The van der Waals surface area contributed by atoms with Crippen LogP contribution in [0.4, 0.5) is 0 Å². The summed E-state index contributed by atoms with van der Waals surface area (Å²) >= 11 is 0. The van der Waals surface area contributed by atoms with Crippen molar-refractivity contribution in [3.63, 3.8) is 0 Å². The normalized spacial score (nSPS) is 17.3. The van der Waals surface area contributed by atoms with Gasteiger partial charge in [0.2, 0.25) is 5.89 Å². The summed E-state index contributed by atoms with van der Waals surface area (Å²) in [6.07, 6.45) is 5.24. The van der Waals surface area contributed by atoms with Crippen LogP contribution in [0.5, 0.6) is 0 Å². The number of nitrogens with zero attached hydrogens (tertiary/aromatic N) is 2. The van der Waals surface area contributed by atoms with Crippen molar-refractivity contribution in [1.29, 1.82) is 0 Å². The van der Waals surface area contributed by atoms with Gasteiger partial charge in [0.15, 0.2) is 5.82 Å². The molecule has 0 atom stereocenters. The Bertz CT molecular complexity index is 606. The molecule has 2 N–H and O–H groups in total. The van der Waals surface area contributed by atoms with Crippen molar-refractivity contribution in [1.82, 2.24) is 10.1 Å². The molecule has 3 rings (SSSR count). The lowest BCUT2D eigenvalue weighted by atomic mass is 9.86. The summed E-state index contributed by atoms with van der Waals surface area (Å²) in [6.45, 7) is 4.82. The van der Waals surface area contributed by atoms with E-state index in [1.54, 1.807) is 0 Å². The van der Waals surface area contributed by atoms with Gasteiger partial charge in [-0.05, 0) is 32.3 Å². The summed E-state index contributed by atoms with van der Waals surface area (Å²) in [5.41, 5.74) is 9.66. The Hall–Kier alpha value is -1.68. The molecule has 21 heavy (non-hydrogen) atoms. The highest BCUT2D eigenvalue weighted by molar-refractivity contribution is 5.30. The Kier molecular flexibility index (Phi) is 3.81. The first kappa shape index (κ1) is 14.3. The summed E-state index contributed by atoms with van der Waals surface area (Å²) in [7, 11) is 0. The number of hydrogen-bond acceptors (Lipinski definition) is 4. The largest absolute Gasteiger partial charge is 0.339 e. The van der Waals surface area contributed by atoms with Crippen molar-refractivity contribution in [3.05, 3.63) is 46.6 Å². The van der Waals surface area contributed by atoms with Gasteiger partial charge < -0.3 is 10.3 Å². The van der Waals surface area contributed by atoms with Crippen LogP contribution in [-0.4, -0.2) is 16.7 Å². The van der Waals surface area contributed by atoms with E-state index >= 15 is 0 Å². The molecular formula is C17H23N3O. The van der Waals surface area contributed by atoms with Gasteiger partial charge in [-0.3, -0.25) is 0 Å². The van der Waals surface area contributed by atoms with Gasteiger partial charge >= 0.3 is 0 Å². The predicted molar refractivity (Wildman–Crippen MR) is 82.2 cm³/mol. The van der Waals surface area contributed by atoms with E-state index in [-0.39, 0.29) is 5.41 Å². The number of benzene rings is 1. The van der Waals surface area contributed by atoms with Crippen molar-refractivity contribution in [2.45, 2.75) is 51.4 Å². The van der Waals surface area contributed by atoms with E-state index in [0.717, 1.165) is 24.6 Å². The first-order valence-electron chi connectivity index (χ1n) is 7.72. The Morgan fingerprint density at radius 1 is 1.14 bits per heavy atom. The van der Waals surface area contributed by atoms with Gasteiger partial charge in [0.05, 0.1) is 5.41 Å². The molecule has 0 unspecified atom stereocenters. The third-order valence-corrected chi connectivity index (χ3v) is 4.52. The molecule has 2 aromatic rings. The highest BCUT2D eigenvalue weighted by Gasteiger charge is 2.39. The van der Waals surface area contributed by atoms with Gasteiger partial charge in [-0.1, -0.05) is 47.3 Å². The zero-order valence-corrected chi connectivity index (χ0v) is 12.9. The van der Waals surface area contributed by atoms with Gasteiger partial charge in [-0.25, -0.2) is 0 Å². The number of rotatable bonds is 4. The Morgan fingerprint density at radius 2 is 1.81 bits per heavy atom. The minimum Gasteiger partial charge on any atom is -0.339 e. The lowest BCUT2D eigenvalue weighted by molar-refractivity contribution is 0.283. The number of nitrogens with two attached hydrogens (primary N) is 1. The molecule has 1 aliphatic rings. The Balaban J connectivity index is 1.82. The number of hydrogen-bond donors (Lipinski definition) is 1. The summed E-state index contributed by atoms with van der Waals surface area (Å²) in [5.74, 6) is 1.50. The number of aryl methyl sites for hydroxylation is 2. The molecule has 112 valence electrons. The van der Waals surface area contributed by atoms with E-state index in [4.69, 9.17) is 10.3 Å². The van der Waals surface area contributed by atoms with E-state index in [1.165, 1.54) is 29.5 Å². The molecular weight excluding hydrogens is 262 g/mol. The molecule has 1 aromatic carbocycles. The minimum absolute atomic E-state index is 0.0756. The third-order valence-electron chi connectivity index (χ3n) is 4.52. The topological polar surface area (TPSA) is 64.9 Å². The second-order valence-corrected chi connectivity index (χ2v) is 6.38. The monoisotopic (exact) mass is 285 g/mol. The smallest absolute Gasteiger partial charge is 0.234 e. The minimum atomic E-state index is -0.0756. The van der Waals surface area contributed by atoms with Gasteiger partial charge in [-0.15, -0.1) is 0 Å².